The Morgan fingerprint density at radius 2 is 2.09 bits per heavy atom. The minimum atomic E-state index is 0.196. The van der Waals surface area contributed by atoms with Crippen LogP contribution in [0.2, 0.25) is 0 Å². The Kier molecular flexibility index (Phi) is 6.74. The zero-order chi connectivity index (χ0) is 16.7. The lowest BCUT2D eigenvalue weighted by atomic mass is 10.2. The second-order valence-electron chi connectivity index (χ2n) is 6.56. The number of aromatic nitrogens is 3. The zero-order valence-corrected chi connectivity index (χ0v) is 15.7. The van der Waals surface area contributed by atoms with Crippen LogP contribution in [0.1, 0.15) is 44.8 Å². The lowest BCUT2D eigenvalue weighted by Crippen LogP contribution is -2.43. The van der Waals surface area contributed by atoms with Gasteiger partial charge in [0.2, 0.25) is 0 Å². The van der Waals surface area contributed by atoms with Crippen molar-refractivity contribution in [1.82, 2.24) is 25.4 Å². The third kappa shape index (κ3) is 5.41. The van der Waals surface area contributed by atoms with Gasteiger partial charge in [0.15, 0.2) is 5.96 Å². The monoisotopic (exact) mass is 338 g/mol. The van der Waals surface area contributed by atoms with Gasteiger partial charge in [0.25, 0.3) is 0 Å². The van der Waals surface area contributed by atoms with E-state index in [1.165, 1.54) is 19.3 Å². The number of nitrogens with one attached hydrogen (secondary N) is 2. The molecule has 0 saturated carbocycles. The van der Waals surface area contributed by atoms with E-state index in [9.17, 15) is 0 Å². The Morgan fingerprint density at radius 3 is 2.83 bits per heavy atom. The molecule has 1 aromatic heterocycles. The van der Waals surface area contributed by atoms with Crippen molar-refractivity contribution in [3.8, 4) is 0 Å². The van der Waals surface area contributed by atoms with Gasteiger partial charge >= 0.3 is 0 Å². The van der Waals surface area contributed by atoms with E-state index in [1.807, 2.05) is 18.8 Å². The largest absolute Gasteiger partial charge is 0.356 e. The highest BCUT2D eigenvalue weighted by Crippen LogP contribution is 2.19. The standard InChI is InChI=1S/C16H30N6S/c1-16(2,23-4)12-19-15(17-3)18-10-9-14-21-20-13-8-6-5-7-11-22(13)14/h5-12H2,1-4H3,(H2,17,18,19). The van der Waals surface area contributed by atoms with Gasteiger partial charge in [-0.1, -0.05) is 6.42 Å². The number of aliphatic imine (C=N–C) groups is 1. The van der Waals surface area contributed by atoms with Crippen molar-refractivity contribution in [2.24, 2.45) is 4.99 Å². The number of thioether (sulfide) groups is 1. The third-order valence-corrected chi connectivity index (χ3v) is 5.53. The first-order chi connectivity index (χ1) is 11.1. The average molecular weight is 339 g/mol. The highest BCUT2D eigenvalue weighted by molar-refractivity contribution is 7.99. The van der Waals surface area contributed by atoms with Gasteiger partial charge in [-0.15, -0.1) is 10.2 Å². The fraction of sp³-hybridized carbons (Fsp3) is 0.812. The predicted octanol–water partition coefficient (Wildman–Crippen LogP) is 1.85. The molecule has 0 aliphatic carbocycles. The molecule has 2 rings (SSSR count). The summed E-state index contributed by atoms with van der Waals surface area (Å²) >= 11 is 1.85. The molecule has 130 valence electrons. The van der Waals surface area contributed by atoms with Crippen molar-refractivity contribution >= 4 is 17.7 Å². The summed E-state index contributed by atoms with van der Waals surface area (Å²) in [5.74, 6) is 3.10. The highest BCUT2D eigenvalue weighted by Gasteiger charge is 2.17. The molecule has 0 saturated heterocycles. The first-order valence-electron chi connectivity index (χ1n) is 8.46. The first-order valence-corrected chi connectivity index (χ1v) is 9.69. The van der Waals surface area contributed by atoms with Crippen LogP contribution in [-0.4, -0.2) is 51.9 Å². The van der Waals surface area contributed by atoms with Crippen molar-refractivity contribution in [3.63, 3.8) is 0 Å². The minimum absolute atomic E-state index is 0.196. The molecule has 0 aromatic carbocycles. The number of rotatable bonds is 6. The van der Waals surface area contributed by atoms with Gasteiger partial charge in [0, 0.05) is 44.3 Å². The van der Waals surface area contributed by atoms with Gasteiger partial charge in [0.1, 0.15) is 11.6 Å². The smallest absolute Gasteiger partial charge is 0.191 e. The van der Waals surface area contributed by atoms with Crippen LogP contribution in [0.3, 0.4) is 0 Å². The van der Waals surface area contributed by atoms with E-state index in [1.54, 1.807) is 0 Å². The Bertz CT molecular complexity index is 523. The first kappa shape index (κ1) is 18.1. The van der Waals surface area contributed by atoms with Crippen LogP contribution >= 0.6 is 11.8 Å². The molecular formula is C16H30N6S. The molecule has 2 N–H and O–H groups in total. The second kappa shape index (κ2) is 8.57. The van der Waals surface area contributed by atoms with Crippen molar-refractivity contribution in [3.05, 3.63) is 11.6 Å². The molecule has 23 heavy (non-hydrogen) atoms. The van der Waals surface area contributed by atoms with Crippen LogP contribution < -0.4 is 10.6 Å². The molecule has 0 radical (unpaired) electrons. The topological polar surface area (TPSA) is 67.1 Å². The maximum atomic E-state index is 4.37. The van der Waals surface area contributed by atoms with E-state index < -0.39 is 0 Å². The lowest BCUT2D eigenvalue weighted by molar-refractivity contribution is 0.599. The van der Waals surface area contributed by atoms with Crippen LogP contribution in [0.4, 0.5) is 0 Å². The molecule has 0 fully saturated rings. The van der Waals surface area contributed by atoms with Gasteiger partial charge in [-0.25, -0.2) is 0 Å². The van der Waals surface area contributed by atoms with Crippen molar-refractivity contribution in [1.29, 1.82) is 0 Å². The van der Waals surface area contributed by atoms with E-state index in [0.717, 1.165) is 50.1 Å². The number of guanidine groups is 1. The van der Waals surface area contributed by atoms with Crippen LogP contribution in [0.25, 0.3) is 0 Å². The zero-order valence-electron chi connectivity index (χ0n) is 14.9. The van der Waals surface area contributed by atoms with Crippen molar-refractivity contribution < 1.29 is 0 Å². The molecule has 0 spiro atoms. The quantitative estimate of drug-likeness (QED) is 0.612. The molecule has 7 heteroatoms. The Morgan fingerprint density at radius 1 is 1.26 bits per heavy atom. The van der Waals surface area contributed by atoms with Crippen LogP contribution in [0.15, 0.2) is 4.99 Å². The lowest BCUT2D eigenvalue weighted by Gasteiger charge is -2.23. The maximum absolute atomic E-state index is 4.37. The number of aryl methyl sites for hydroxylation is 1. The van der Waals surface area contributed by atoms with Gasteiger partial charge in [-0.2, -0.15) is 11.8 Å². The van der Waals surface area contributed by atoms with Gasteiger partial charge in [0.05, 0.1) is 0 Å². The number of hydrogen-bond acceptors (Lipinski definition) is 4. The van der Waals surface area contributed by atoms with E-state index >= 15 is 0 Å². The van der Waals surface area contributed by atoms with Crippen molar-refractivity contribution in [2.75, 3.05) is 26.4 Å². The summed E-state index contributed by atoms with van der Waals surface area (Å²) in [7, 11) is 1.81. The molecule has 0 amide bonds. The number of nitrogens with zero attached hydrogens (tertiary/aromatic N) is 4. The molecule has 6 nitrogen and oxygen atoms in total. The normalized spacial score (nSPS) is 15.9. The molecule has 1 aliphatic heterocycles. The summed E-state index contributed by atoms with van der Waals surface area (Å²) < 4.78 is 2.50. The maximum Gasteiger partial charge on any atom is 0.191 e. The second-order valence-corrected chi connectivity index (χ2v) is 8.07. The molecular weight excluding hydrogens is 308 g/mol. The fourth-order valence-corrected chi connectivity index (χ4v) is 2.83. The van der Waals surface area contributed by atoms with Gasteiger partial charge < -0.3 is 15.2 Å². The predicted molar refractivity (Wildman–Crippen MR) is 98.2 cm³/mol. The van der Waals surface area contributed by atoms with E-state index in [4.69, 9.17) is 0 Å². The Hall–Kier alpha value is -1.24. The summed E-state index contributed by atoms with van der Waals surface area (Å²) in [5, 5.41) is 15.5. The minimum Gasteiger partial charge on any atom is -0.356 e. The molecule has 0 atom stereocenters. The molecule has 2 heterocycles. The molecule has 1 aromatic rings. The van der Waals surface area contributed by atoms with E-state index in [0.29, 0.717) is 0 Å². The molecule has 0 unspecified atom stereocenters. The van der Waals surface area contributed by atoms with Crippen LogP contribution in [-0.2, 0) is 19.4 Å². The van der Waals surface area contributed by atoms with Crippen molar-refractivity contribution in [2.45, 2.75) is 57.2 Å². The summed E-state index contributed by atoms with van der Waals surface area (Å²) in [6.07, 6.45) is 7.83. The van der Waals surface area contributed by atoms with E-state index in [2.05, 4.69) is 50.5 Å². The number of hydrogen-bond donors (Lipinski definition) is 2. The Labute approximate surface area is 143 Å². The summed E-state index contributed by atoms with van der Waals surface area (Å²) in [4.78, 5) is 4.29. The highest BCUT2D eigenvalue weighted by atomic mass is 32.2. The van der Waals surface area contributed by atoms with E-state index in [-0.39, 0.29) is 4.75 Å². The summed E-state index contributed by atoms with van der Waals surface area (Å²) in [6, 6.07) is 0. The summed E-state index contributed by atoms with van der Waals surface area (Å²) in [5.41, 5.74) is 0. The SMILES string of the molecule is CN=C(NCCc1nnc2n1CCCCC2)NCC(C)(C)SC. The summed E-state index contributed by atoms with van der Waals surface area (Å²) in [6.45, 7) is 7.21. The van der Waals surface area contributed by atoms with Crippen LogP contribution in [0, 0.1) is 0 Å². The molecule has 0 bridgehead atoms. The van der Waals surface area contributed by atoms with Gasteiger partial charge in [-0.05, 0) is 32.9 Å². The third-order valence-electron chi connectivity index (χ3n) is 4.28. The average Bonchev–Trinajstić information content (AvgIpc) is 2.78. The molecule has 1 aliphatic rings. The van der Waals surface area contributed by atoms with Gasteiger partial charge in [-0.3, -0.25) is 4.99 Å². The number of fused-ring (bicyclic) bond motifs is 1. The Balaban J connectivity index is 1.81. The fourth-order valence-electron chi connectivity index (χ4n) is 2.61. The van der Waals surface area contributed by atoms with Crippen LogP contribution in [0.5, 0.6) is 0 Å².